The molecule has 3 aliphatic heterocycles. The van der Waals surface area contributed by atoms with Crippen LogP contribution in [0.3, 0.4) is 0 Å². The van der Waals surface area contributed by atoms with Crippen molar-refractivity contribution in [2.45, 2.75) is 92.1 Å². The van der Waals surface area contributed by atoms with Crippen LogP contribution < -0.4 is 14.9 Å². The van der Waals surface area contributed by atoms with Crippen molar-refractivity contribution in [3.63, 3.8) is 0 Å². The molecule has 3 fully saturated rings. The van der Waals surface area contributed by atoms with Gasteiger partial charge in [0.2, 0.25) is 23.8 Å². The van der Waals surface area contributed by atoms with Crippen molar-refractivity contribution in [3.8, 4) is 34.3 Å². The van der Waals surface area contributed by atoms with E-state index in [1.54, 1.807) is 0 Å². The summed E-state index contributed by atoms with van der Waals surface area (Å²) in [4.78, 5) is 14.0. The largest absolute Gasteiger partial charge is 0.508 e. The van der Waals surface area contributed by atoms with Gasteiger partial charge in [0, 0.05) is 17.7 Å². The molecular formula is C33H40O21. The zero-order chi connectivity index (χ0) is 39.2. The molecular weight excluding hydrogens is 732 g/mol. The Hall–Kier alpha value is -3.75. The van der Waals surface area contributed by atoms with Gasteiger partial charge in [-0.25, -0.2) is 0 Å². The van der Waals surface area contributed by atoms with Crippen LogP contribution in [0.15, 0.2) is 45.6 Å². The molecule has 4 heterocycles. The van der Waals surface area contributed by atoms with Gasteiger partial charge in [-0.3, -0.25) is 4.79 Å². The summed E-state index contributed by atoms with van der Waals surface area (Å²) in [5, 5.41) is 133. The van der Waals surface area contributed by atoms with Gasteiger partial charge in [-0.1, -0.05) is 0 Å². The molecule has 1 aromatic heterocycles. The van der Waals surface area contributed by atoms with Crippen LogP contribution in [0.25, 0.3) is 22.3 Å². The van der Waals surface area contributed by atoms with Crippen LogP contribution in [0.1, 0.15) is 0 Å². The van der Waals surface area contributed by atoms with Crippen LogP contribution in [0.5, 0.6) is 23.0 Å². The zero-order valence-electron chi connectivity index (χ0n) is 27.8. The van der Waals surface area contributed by atoms with Gasteiger partial charge in [-0.2, -0.15) is 0 Å². The normalized spacial score (nSPS) is 37.3. The third kappa shape index (κ3) is 7.45. The molecule has 298 valence electrons. The Morgan fingerprint density at radius 1 is 0.593 bits per heavy atom. The van der Waals surface area contributed by atoms with Crippen LogP contribution in [0.2, 0.25) is 0 Å². The van der Waals surface area contributed by atoms with Gasteiger partial charge >= 0.3 is 0 Å². The first-order valence-electron chi connectivity index (χ1n) is 16.5. The van der Waals surface area contributed by atoms with Crippen molar-refractivity contribution < 1.29 is 99.2 Å². The second-order valence-corrected chi connectivity index (χ2v) is 12.9. The van der Waals surface area contributed by atoms with Crippen LogP contribution in [0, 0.1) is 0 Å². The number of benzene rings is 2. The molecule has 0 spiro atoms. The maximum Gasteiger partial charge on any atom is 0.239 e. The summed E-state index contributed by atoms with van der Waals surface area (Å²) in [7, 11) is 0. The van der Waals surface area contributed by atoms with E-state index in [1.165, 1.54) is 24.3 Å². The Labute approximate surface area is 303 Å². The maximum atomic E-state index is 14.0. The molecule has 2 aromatic carbocycles. The third-order valence-electron chi connectivity index (χ3n) is 9.33. The predicted molar refractivity (Wildman–Crippen MR) is 173 cm³/mol. The fourth-order valence-corrected chi connectivity index (χ4v) is 6.30. The zero-order valence-corrected chi connectivity index (χ0v) is 27.8. The minimum atomic E-state index is -2.08. The fraction of sp³-hybridized carbons (Fsp3) is 0.545. The van der Waals surface area contributed by atoms with Crippen molar-refractivity contribution >= 4 is 11.0 Å². The number of rotatable bonds is 10. The first kappa shape index (κ1) is 39.9. The molecule has 6 rings (SSSR count). The molecule has 15 atom stereocenters. The summed E-state index contributed by atoms with van der Waals surface area (Å²) < 4.78 is 39.2. The summed E-state index contributed by atoms with van der Waals surface area (Å²) in [5.41, 5.74) is -1.32. The lowest BCUT2D eigenvalue weighted by atomic mass is 9.97. The Kier molecular flexibility index (Phi) is 11.9. The van der Waals surface area contributed by atoms with Crippen molar-refractivity contribution in [2.75, 3.05) is 19.8 Å². The Morgan fingerprint density at radius 3 is 1.70 bits per heavy atom. The maximum absolute atomic E-state index is 14.0. The van der Waals surface area contributed by atoms with Gasteiger partial charge in [0.05, 0.1) is 19.8 Å². The summed E-state index contributed by atoms with van der Waals surface area (Å²) in [6.45, 7) is -2.46. The van der Waals surface area contributed by atoms with Crippen molar-refractivity contribution in [3.05, 3.63) is 46.6 Å². The SMILES string of the molecule is O=c1c(O[C@@H]2O[C@H](CO)[C@@H](O[C@@H]3O[C@H](CO)[C@@H](O)[C@@H](O)[C@H]3O)[C@@H](O)[C@H]2O)c(-c2ccc(O)cc2)oc2cc(O[C@@H]3O[C@H](CO)[C@@H](O)[C@@H](O)[C@H]3O)cc(O)c12. The molecule has 3 aromatic rings. The molecule has 0 unspecified atom stereocenters. The van der Waals surface area contributed by atoms with E-state index in [9.17, 15) is 71.2 Å². The number of fused-ring (bicyclic) bond motifs is 1. The number of aliphatic hydroxyl groups excluding tert-OH is 11. The Balaban J connectivity index is 1.32. The summed E-state index contributed by atoms with van der Waals surface area (Å²) in [6, 6.07) is 7.12. The van der Waals surface area contributed by atoms with Crippen molar-refractivity contribution in [2.24, 2.45) is 0 Å². The number of hydrogen-bond donors (Lipinski definition) is 13. The van der Waals surface area contributed by atoms with E-state index in [2.05, 4.69) is 0 Å². The van der Waals surface area contributed by atoms with Crippen molar-refractivity contribution in [1.29, 1.82) is 0 Å². The summed E-state index contributed by atoms with van der Waals surface area (Å²) >= 11 is 0. The molecule has 13 N–H and O–H groups in total. The van der Waals surface area contributed by atoms with E-state index in [4.69, 9.17) is 32.8 Å². The van der Waals surface area contributed by atoms with Crippen LogP contribution in [0.4, 0.5) is 0 Å². The van der Waals surface area contributed by atoms with Gasteiger partial charge < -0.3 is 99.2 Å². The number of hydrogen-bond acceptors (Lipinski definition) is 21. The highest BCUT2D eigenvalue weighted by Gasteiger charge is 2.51. The van der Waals surface area contributed by atoms with E-state index in [0.29, 0.717) is 0 Å². The highest BCUT2D eigenvalue weighted by Crippen LogP contribution is 2.39. The molecule has 0 saturated carbocycles. The minimum absolute atomic E-state index is 0.0925. The molecule has 54 heavy (non-hydrogen) atoms. The van der Waals surface area contributed by atoms with Crippen LogP contribution in [-0.4, -0.2) is 178 Å². The first-order valence-corrected chi connectivity index (χ1v) is 16.5. The number of phenols is 2. The second-order valence-electron chi connectivity index (χ2n) is 12.9. The quantitative estimate of drug-likeness (QED) is 0.0918. The Bertz CT molecular complexity index is 1800. The minimum Gasteiger partial charge on any atom is -0.508 e. The van der Waals surface area contributed by atoms with Crippen molar-refractivity contribution in [1.82, 2.24) is 0 Å². The highest BCUT2D eigenvalue weighted by molar-refractivity contribution is 5.88. The van der Waals surface area contributed by atoms with E-state index in [1.807, 2.05) is 0 Å². The number of phenolic OH excluding ortho intramolecular Hbond substituents is 2. The topological polar surface area (TPSA) is 349 Å². The second kappa shape index (κ2) is 16.2. The van der Waals surface area contributed by atoms with E-state index in [-0.39, 0.29) is 28.4 Å². The van der Waals surface area contributed by atoms with E-state index in [0.717, 1.165) is 12.1 Å². The lowest BCUT2D eigenvalue weighted by Gasteiger charge is -2.45. The number of aromatic hydroxyl groups is 2. The van der Waals surface area contributed by atoms with Gasteiger partial charge in [0.1, 0.15) is 101 Å². The molecule has 21 heteroatoms. The monoisotopic (exact) mass is 772 g/mol. The molecule has 0 amide bonds. The van der Waals surface area contributed by atoms with E-state index < -0.39 is 134 Å². The standard InChI is InChI=1S/C33H40O21/c34-7-15-19(39)22(42)25(45)31(50-15)48-12-5-13(38)18-14(6-12)49-28(10-1-3-11(37)4-2-10)30(21(18)41)54-33-27(47)24(44)29(17(9-36)52-33)53-32-26(46)23(43)20(40)16(8-35)51-32/h1-6,15-17,19-20,22-27,29,31-40,42-47H,7-9H2/t15-,16-,17-,19-,20-,22-,23-,24+,25-,26-,27-,29-,31-,32+,33+/m1/s1. The third-order valence-corrected chi connectivity index (χ3v) is 9.33. The van der Waals surface area contributed by atoms with Gasteiger partial charge in [-0.05, 0) is 24.3 Å². The molecule has 21 nitrogen and oxygen atoms in total. The van der Waals surface area contributed by atoms with E-state index >= 15 is 0 Å². The Morgan fingerprint density at radius 2 is 1.11 bits per heavy atom. The lowest BCUT2D eigenvalue weighted by molar-refractivity contribution is -0.352. The average Bonchev–Trinajstić information content (AvgIpc) is 3.15. The molecule has 3 saturated heterocycles. The molecule has 0 radical (unpaired) electrons. The molecule has 0 bridgehead atoms. The summed E-state index contributed by atoms with van der Waals surface area (Å²) in [5.74, 6) is -2.30. The van der Waals surface area contributed by atoms with Crippen LogP contribution >= 0.6 is 0 Å². The van der Waals surface area contributed by atoms with Crippen LogP contribution in [-0.2, 0) is 18.9 Å². The first-order chi connectivity index (χ1) is 25.7. The highest BCUT2D eigenvalue weighted by atomic mass is 16.7. The predicted octanol–water partition coefficient (Wildman–Crippen LogP) is -4.95. The molecule has 3 aliphatic rings. The summed E-state index contributed by atoms with van der Waals surface area (Å²) in [6.07, 6.45) is -26.3. The molecule has 0 aliphatic carbocycles. The smallest absolute Gasteiger partial charge is 0.239 e. The van der Waals surface area contributed by atoms with Gasteiger partial charge in [0.25, 0.3) is 0 Å². The number of aliphatic hydroxyl groups is 11. The lowest BCUT2D eigenvalue weighted by Crippen LogP contribution is -2.65. The van der Waals surface area contributed by atoms with Gasteiger partial charge in [-0.15, -0.1) is 0 Å². The van der Waals surface area contributed by atoms with Gasteiger partial charge in [0.15, 0.2) is 12.1 Å². The fourth-order valence-electron chi connectivity index (χ4n) is 6.30. The average molecular weight is 773 g/mol. The number of ether oxygens (including phenoxy) is 6.